The third-order valence-electron chi connectivity index (χ3n) is 2.21. The molecule has 4 heteroatoms. The summed E-state index contributed by atoms with van der Waals surface area (Å²) in [5, 5.41) is 0. The van der Waals surface area contributed by atoms with Gasteiger partial charge in [0, 0.05) is 4.47 Å². The van der Waals surface area contributed by atoms with Crippen LogP contribution in [-0.4, -0.2) is 12.6 Å². The van der Waals surface area contributed by atoms with Crippen molar-refractivity contribution in [3.05, 3.63) is 51.4 Å². The highest BCUT2D eigenvalue weighted by atomic mass is 79.9. The summed E-state index contributed by atoms with van der Waals surface area (Å²) in [6, 6.07) is 7.44. The molecule has 17 heavy (non-hydrogen) atoms. The van der Waals surface area contributed by atoms with E-state index in [1.54, 1.807) is 13.8 Å². The van der Waals surface area contributed by atoms with Gasteiger partial charge >= 0.3 is 5.97 Å². The molecule has 1 aromatic carbocycles. The number of nitrogens with zero attached hydrogens (tertiary/aromatic N) is 1. The number of esters is 1. The van der Waals surface area contributed by atoms with E-state index < -0.39 is 5.97 Å². The van der Waals surface area contributed by atoms with Gasteiger partial charge in [-0.3, -0.25) is 4.79 Å². The van der Waals surface area contributed by atoms with E-state index in [4.69, 9.17) is 11.3 Å². The van der Waals surface area contributed by atoms with Crippen molar-refractivity contribution in [2.75, 3.05) is 6.61 Å². The van der Waals surface area contributed by atoms with Crippen LogP contribution in [0.5, 0.6) is 0 Å². The van der Waals surface area contributed by atoms with Gasteiger partial charge in [0.05, 0.1) is 13.2 Å². The van der Waals surface area contributed by atoms with Crippen LogP contribution >= 0.6 is 15.9 Å². The van der Waals surface area contributed by atoms with E-state index in [9.17, 15) is 4.79 Å². The van der Waals surface area contributed by atoms with Gasteiger partial charge in [-0.15, -0.1) is 0 Å². The van der Waals surface area contributed by atoms with Crippen molar-refractivity contribution in [3.8, 4) is 0 Å². The summed E-state index contributed by atoms with van der Waals surface area (Å²) in [6.45, 7) is 10.8. The van der Waals surface area contributed by atoms with Crippen LogP contribution in [0.25, 0.3) is 10.4 Å². The van der Waals surface area contributed by atoms with Crippen LogP contribution in [0.2, 0.25) is 0 Å². The second-order valence-electron chi connectivity index (χ2n) is 3.31. The summed E-state index contributed by atoms with van der Waals surface area (Å²) < 4.78 is 5.79. The SMILES string of the molecule is [C-]#[N+]C(C(=O)OCC)=C(C)c1ccc(Br)cc1. The smallest absolute Gasteiger partial charge is 0.336 e. The molecule has 0 amide bonds. The molecule has 1 aromatic rings. The molecule has 0 fully saturated rings. The van der Waals surface area contributed by atoms with Crippen molar-refractivity contribution < 1.29 is 9.53 Å². The zero-order valence-electron chi connectivity index (χ0n) is 9.66. The number of rotatable bonds is 3. The molecule has 0 heterocycles. The Morgan fingerprint density at radius 1 is 1.41 bits per heavy atom. The molecule has 0 aromatic heterocycles. The molecule has 88 valence electrons. The Kier molecular flexibility index (Phi) is 4.92. The van der Waals surface area contributed by atoms with Crippen LogP contribution in [0.4, 0.5) is 0 Å². The van der Waals surface area contributed by atoms with Gasteiger partial charge in [-0.1, -0.05) is 28.1 Å². The Balaban J connectivity index is 3.13. The first-order valence-corrected chi connectivity index (χ1v) is 5.90. The maximum atomic E-state index is 11.6. The molecule has 1 rings (SSSR count). The molecule has 0 spiro atoms. The van der Waals surface area contributed by atoms with E-state index in [1.807, 2.05) is 24.3 Å². The zero-order chi connectivity index (χ0) is 12.8. The number of carbonyl (C=O) groups excluding carboxylic acids is 1. The topological polar surface area (TPSA) is 30.7 Å². The van der Waals surface area contributed by atoms with Crippen molar-refractivity contribution in [1.29, 1.82) is 0 Å². The summed E-state index contributed by atoms with van der Waals surface area (Å²) in [6.07, 6.45) is 0. The minimum absolute atomic E-state index is 0.0363. The van der Waals surface area contributed by atoms with Crippen molar-refractivity contribution in [2.45, 2.75) is 13.8 Å². The summed E-state index contributed by atoms with van der Waals surface area (Å²) in [5.74, 6) is -0.567. The Morgan fingerprint density at radius 2 is 2.00 bits per heavy atom. The van der Waals surface area contributed by atoms with Gasteiger partial charge in [0.15, 0.2) is 0 Å². The highest BCUT2D eigenvalue weighted by Crippen LogP contribution is 2.22. The van der Waals surface area contributed by atoms with Crippen LogP contribution in [-0.2, 0) is 9.53 Å². The number of allylic oxidation sites excluding steroid dienone is 1. The van der Waals surface area contributed by atoms with Gasteiger partial charge in [0.25, 0.3) is 5.70 Å². The van der Waals surface area contributed by atoms with Gasteiger partial charge in [-0.05, 0) is 37.1 Å². The van der Waals surface area contributed by atoms with Crippen LogP contribution in [0.3, 0.4) is 0 Å². The third kappa shape index (κ3) is 3.43. The minimum Gasteiger partial charge on any atom is -0.471 e. The lowest BCUT2D eigenvalue weighted by Gasteiger charge is -2.06. The number of halogens is 1. The molecule has 0 unspecified atom stereocenters. The summed E-state index contributed by atoms with van der Waals surface area (Å²) >= 11 is 3.33. The fraction of sp³-hybridized carbons (Fsp3) is 0.231. The van der Waals surface area contributed by atoms with E-state index in [0.29, 0.717) is 5.57 Å². The number of benzene rings is 1. The van der Waals surface area contributed by atoms with Crippen LogP contribution in [0.1, 0.15) is 19.4 Å². The summed E-state index contributed by atoms with van der Waals surface area (Å²) in [5.41, 5.74) is 1.51. The second-order valence-corrected chi connectivity index (χ2v) is 4.23. The summed E-state index contributed by atoms with van der Waals surface area (Å²) in [7, 11) is 0. The van der Waals surface area contributed by atoms with E-state index in [1.165, 1.54) is 0 Å². The average Bonchev–Trinajstić information content (AvgIpc) is 2.31. The lowest BCUT2D eigenvalue weighted by atomic mass is 10.1. The lowest BCUT2D eigenvalue weighted by Crippen LogP contribution is -2.06. The van der Waals surface area contributed by atoms with Gasteiger partial charge in [-0.25, -0.2) is 4.85 Å². The standard InChI is InChI=1S/C13H12BrNO2/c1-4-17-13(16)12(15-3)9(2)10-5-7-11(14)8-6-10/h5-8H,4H2,1-2H3. The van der Waals surface area contributed by atoms with Crippen molar-refractivity contribution >= 4 is 27.5 Å². The molecule has 0 radical (unpaired) electrons. The van der Waals surface area contributed by atoms with Crippen LogP contribution < -0.4 is 0 Å². The van der Waals surface area contributed by atoms with E-state index >= 15 is 0 Å². The molecule has 0 N–H and O–H groups in total. The Hall–Kier alpha value is -1.60. The van der Waals surface area contributed by atoms with Gasteiger partial charge in [0.2, 0.25) is 0 Å². The number of ether oxygens (including phenoxy) is 1. The van der Waals surface area contributed by atoms with Gasteiger partial charge in [-0.2, -0.15) is 0 Å². The maximum Gasteiger partial charge on any atom is 0.336 e. The van der Waals surface area contributed by atoms with E-state index in [-0.39, 0.29) is 12.3 Å². The largest absolute Gasteiger partial charge is 0.471 e. The second kappa shape index (κ2) is 6.21. The first-order valence-electron chi connectivity index (χ1n) is 5.11. The highest BCUT2D eigenvalue weighted by Gasteiger charge is 2.15. The highest BCUT2D eigenvalue weighted by molar-refractivity contribution is 9.10. The minimum atomic E-state index is -0.567. The first-order chi connectivity index (χ1) is 8.10. The van der Waals surface area contributed by atoms with E-state index in [2.05, 4.69) is 20.8 Å². The summed E-state index contributed by atoms with van der Waals surface area (Å²) in [4.78, 5) is 14.8. The third-order valence-corrected chi connectivity index (χ3v) is 2.74. The van der Waals surface area contributed by atoms with Crippen molar-refractivity contribution in [1.82, 2.24) is 0 Å². The van der Waals surface area contributed by atoms with Crippen LogP contribution in [0, 0.1) is 6.57 Å². The van der Waals surface area contributed by atoms with Crippen molar-refractivity contribution in [2.24, 2.45) is 0 Å². The average molecular weight is 294 g/mol. The normalized spacial score (nSPS) is 11.4. The number of carbonyl (C=O) groups is 1. The molecule has 0 saturated carbocycles. The molecular formula is C13H12BrNO2. The van der Waals surface area contributed by atoms with Crippen molar-refractivity contribution in [3.63, 3.8) is 0 Å². The Bertz CT molecular complexity index is 483. The predicted octanol–water partition coefficient (Wildman–Crippen LogP) is 3.66. The fourth-order valence-corrected chi connectivity index (χ4v) is 1.58. The molecule has 0 aliphatic carbocycles. The predicted molar refractivity (Wildman–Crippen MR) is 70.0 cm³/mol. The quantitative estimate of drug-likeness (QED) is 0.484. The molecule has 3 nitrogen and oxygen atoms in total. The Morgan fingerprint density at radius 3 is 2.47 bits per heavy atom. The maximum absolute atomic E-state index is 11.6. The monoisotopic (exact) mass is 293 g/mol. The van der Waals surface area contributed by atoms with E-state index in [0.717, 1.165) is 10.0 Å². The molecule has 0 bridgehead atoms. The van der Waals surface area contributed by atoms with Gasteiger partial charge in [0.1, 0.15) is 0 Å². The zero-order valence-corrected chi connectivity index (χ0v) is 11.2. The fourth-order valence-electron chi connectivity index (χ4n) is 1.32. The first kappa shape index (κ1) is 13.5. The molecule has 0 aliphatic heterocycles. The Labute approximate surface area is 109 Å². The lowest BCUT2D eigenvalue weighted by molar-refractivity contribution is -0.138. The molecule has 0 aliphatic rings. The molecule has 0 saturated heterocycles. The number of hydrogen-bond donors (Lipinski definition) is 0. The number of hydrogen-bond acceptors (Lipinski definition) is 2. The molecular weight excluding hydrogens is 282 g/mol. The van der Waals surface area contributed by atoms with Crippen LogP contribution in [0.15, 0.2) is 34.4 Å². The van der Waals surface area contributed by atoms with Gasteiger partial charge < -0.3 is 4.74 Å². The molecule has 0 atom stereocenters.